The van der Waals surface area contributed by atoms with Crippen LogP contribution in [0, 0.1) is 5.82 Å². The molecule has 3 aromatic carbocycles. The maximum absolute atomic E-state index is 14.0. The standard InChI is InChI=1S/C25H23FN2O6S/c1-33-20-12-11-16(13-21(20)34-2)23-14-25(30)28(19-9-5-6-10-22(19)35(23,31)32)15-24(29)27-18-8-4-3-7-17(18)26/h3-13,23H,14-15H2,1-2H3,(H,27,29). The first-order valence-electron chi connectivity index (χ1n) is 10.7. The summed E-state index contributed by atoms with van der Waals surface area (Å²) in [7, 11) is -1.14. The van der Waals surface area contributed by atoms with Gasteiger partial charge in [0.05, 0.1) is 35.7 Å². The number of carbonyl (C=O) groups is 2. The van der Waals surface area contributed by atoms with Gasteiger partial charge in [0.25, 0.3) is 0 Å². The number of halogens is 1. The molecule has 0 saturated carbocycles. The van der Waals surface area contributed by atoms with Crippen LogP contribution in [0.3, 0.4) is 0 Å². The molecule has 0 saturated heterocycles. The molecule has 1 aliphatic rings. The van der Waals surface area contributed by atoms with E-state index < -0.39 is 45.7 Å². The van der Waals surface area contributed by atoms with E-state index in [0.717, 1.165) is 4.90 Å². The Labute approximate surface area is 202 Å². The summed E-state index contributed by atoms with van der Waals surface area (Å²) in [4.78, 5) is 27.1. The van der Waals surface area contributed by atoms with Crippen molar-refractivity contribution in [2.24, 2.45) is 0 Å². The van der Waals surface area contributed by atoms with Crippen LogP contribution in [0.1, 0.15) is 17.2 Å². The normalized spacial score (nSPS) is 16.7. The van der Waals surface area contributed by atoms with Gasteiger partial charge in [-0.1, -0.05) is 30.3 Å². The third-order valence-corrected chi connectivity index (χ3v) is 7.87. The van der Waals surface area contributed by atoms with Crippen LogP contribution in [0.5, 0.6) is 11.5 Å². The van der Waals surface area contributed by atoms with Crippen molar-refractivity contribution in [1.29, 1.82) is 0 Å². The van der Waals surface area contributed by atoms with Crippen LogP contribution in [0.15, 0.2) is 71.6 Å². The topological polar surface area (TPSA) is 102 Å². The maximum Gasteiger partial charge on any atom is 0.244 e. The van der Waals surface area contributed by atoms with Crippen molar-refractivity contribution < 1.29 is 31.9 Å². The van der Waals surface area contributed by atoms with Crippen LogP contribution in [-0.2, 0) is 19.4 Å². The van der Waals surface area contributed by atoms with E-state index in [1.165, 1.54) is 50.6 Å². The molecule has 8 nitrogen and oxygen atoms in total. The van der Waals surface area contributed by atoms with Crippen LogP contribution in [0.2, 0.25) is 0 Å². The monoisotopic (exact) mass is 498 g/mol. The van der Waals surface area contributed by atoms with Gasteiger partial charge in [-0.2, -0.15) is 0 Å². The number of sulfone groups is 1. The minimum Gasteiger partial charge on any atom is -0.493 e. The van der Waals surface area contributed by atoms with Crippen molar-refractivity contribution >= 4 is 33.0 Å². The molecule has 1 unspecified atom stereocenters. The van der Waals surface area contributed by atoms with Crippen molar-refractivity contribution in [2.75, 3.05) is 31.0 Å². The van der Waals surface area contributed by atoms with Gasteiger partial charge in [0, 0.05) is 6.42 Å². The van der Waals surface area contributed by atoms with Crippen molar-refractivity contribution in [1.82, 2.24) is 0 Å². The van der Waals surface area contributed by atoms with E-state index in [1.807, 2.05) is 0 Å². The van der Waals surface area contributed by atoms with Crippen LogP contribution >= 0.6 is 0 Å². The molecule has 0 aliphatic carbocycles. The fourth-order valence-corrected chi connectivity index (χ4v) is 5.92. The molecule has 1 aliphatic heterocycles. The lowest BCUT2D eigenvalue weighted by Crippen LogP contribution is -2.38. The molecule has 0 fully saturated rings. The third-order valence-electron chi connectivity index (χ3n) is 5.73. The first-order valence-corrected chi connectivity index (χ1v) is 12.2. The number of para-hydroxylation sites is 2. The van der Waals surface area contributed by atoms with E-state index in [4.69, 9.17) is 9.47 Å². The minimum absolute atomic E-state index is 0.0381. The molecule has 10 heteroatoms. The average Bonchev–Trinajstić information content (AvgIpc) is 2.93. The molecule has 1 N–H and O–H groups in total. The molecule has 3 aromatic rings. The second kappa shape index (κ2) is 9.75. The van der Waals surface area contributed by atoms with E-state index in [9.17, 15) is 22.4 Å². The first kappa shape index (κ1) is 24.2. The molecular weight excluding hydrogens is 475 g/mol. The quantitative estimate of drug-likeness (QED) is 0.556. The zero-order valence-corrected chi connectivity index (χ0v) is 19.8. The highest BCUT2D eigenvalue weighted by Gasteiger charge is 2.40. The van der Waals surface area contributed by atoms with Crippen LogP contribution in [0.4, 0.5) is 15.8 Å². The number of nitrogens with one attached hydrogen (secondary N) is 1. The number of nitrogens with zero attached hydrogens (tertiary/aromatic N) is 1. The molecular formula is C25H23FN2O6S. The summed E-state index contributed by atoms with van der Waals surface area (Å²) in [6.45, 7) is -0.488. The molecule has 0 aromatic heterocycles. The Morgan fingerprint density at radius 1 is 1.03 bits per heavy atom. The van der Waals surface area contributed by atoms with Gasteiger partial charge in [0.15, 0.2) is 21.3 Å². The Bertz CT molecular complexity index is 1390. The fraction of sp³-hybridized carbons (Fsp3) is 0.200. The Kier molecular flexibility index (Phi) is 6.74. The number of rotatable bonds is 6. The van der Waals surface area contributed by atoms with Crippen molar-refractivity contribution in [2.45, 2.75) is 16.6 Å². The Morgan fingerprint density at radius 3 is 2.43 bits per heavy atom. The summed E-state index contributed by atoms with van der Waals surface area (Å²) in [6.07, 6.45) is -0.403. The molecule has 0 radical (unpaired) electrons. The molecule has 0 bridgehead atoms. The second-order valence-corrected chi connectivity index (χ2v) is 9.93. The number of benzene rings is 3. The van der Waals surface area contributed by atoms with Gasteiger partial charge in [-0.15, -0.1) is 0 Å². The summed E-state index contributed by atoms with van der Waals surface area (Å²) in [5, 5.41) is 1.22. The van der Waals surface area contributed by atoms with Gasteiger partial charge in [0.1, 0.15) is 12.4 Å². The minimum atomic E-state index is -4.03. The lowest BCUT2D eigenvalue weighted by atomic mass is 10.1. The van der Waals surface area contributed by atoms with E-state index in [-0.39, 0.29) is 16.3 Å². The second-order valence-electron chi connectivity index (χ2n) is 7.83. The van der Waals surface area contributed by atoms with E-state index in [1.54, 1.807) is 30.3 Å². The zero-order valence-electron chi connectivity index (χ0n) is 19.0. The highest BCUT2D eigenvalue weighted by atomic mass is 32.2. The number of carbonyl (C=O) groups excluding carboxylic acids is 2. The van der Waals surface area contributed by atoms with E-state index in [2.05, 4.69) is 5.32 Å². The summed E-state index contributed by atoms with van der Waals surface area (Å²) in [6, 6.07) is 16.3. The summed E-state index contributed by atoms with van der Waals surface area (Å²) >= 11 is 0. The third kappa shape index (κ3) is 4.69. The zero-order chi connectivity index (χ0) is 25.2. The molecule has 0 spiro atoms. The fourth-order valence-electron chi connectivity index (χ4n) is 4.01. The van der Waals surface area contributed by atoms with Crippen LogP contribution < -0.4 is 19.7 Å². The predicted molar refractivity (Wildman–Crippen MR) is 128 cm³/mol. The van der Waals surface area contributed by atoms with Crippen molar-refractivity contribution in [3.8, 4) is 11.5 Å². The van der Waals surface area contributed by atoms with Gasteiger partial charge < -0.3 is 19.7 Å². The van der Waals surface area contributed by atoms with Gasteiger partial charge in [-0.05, 0) is 42.0 Å². The number of anilines is 2. The van der Waals surface area contributed by atoms with Crippen LogP contribution in [-0.4, -0.2) is 41.0 Å². The predicted octanol–water partition coefficient (Wildman–Crippen LogP) is 3.73. The Morgan fingerprint density at radius 2 is 1.71 bits per heavy atom. The first-order chi connectivity index (χ1) is 16.8. The van der Waals surface area contributed by atoms with Gasteiger partial charge >= 0.3 is 0 Å². The van der Waals surface area contributed by atoms with Gasteiger partial charge in [0.2, 0.25) is 11.8 Å². The lowest BCUT2D eigenvalue weighted by Gasteiger charge is -2.22. The smallest absolute Gasteiger partial charge is 0.244 e. The summed E-state index contributed by atoms with van der Waals surface area (Å²) in [5.74, 6) is -1.12. The summed E-state index contributed by atoms with van der Waals surface area (Å²) in [5.41, 5.74) is 0.400. The lowest BCUT2D eigenvalue weighted by molar-refractivity contribution is -0.121. The van der Waals surface area contributed by atoms with E-state index >= 15 is 0 Å². The number of ether oxygens (including phenoxy) is 2. The number of fused-ring (bicyclic) bond motifs is 1. The number of hydrogen-bond acceptors (Lipinski definition) is 6. The SMILES string of the molecule is COc1ccc(C2CC(=O)N(CC(=O)Nc3ccccc3F)c3ccccc3S2(=O)=O)cc1OC. The molecule has 1 heterocycles. The number of methoxy groups -OCH3 is 2. The average molecular weight is 499 g/mol. The van der Waals surface area contributed by atoms with E-state index in [0.29, 0.717) is 17.1 Å². The molecule has 182 valence electrons. The highest BCUT2D eigenvalue weighted by Crippen LogP contribution is 2.42. The van der Waals surface area contributed by atoms with Crippen LogP contribution in [0.25, 0.3) is 0 Å². The van der Waals surface area contributed by atoms with Crippen molar-refractivity contribution in [3.63, 3.8) is 0 Å². The Balaban J connectivity index is 1.72. The Hall–Kier alpha value is -3.92. The summed E-state index contributed by atoms with van der Waals surface area (Å²) < 4.78 is 51.9. The maximum atomic E-state index is 14.0. The van der Waals surface area contributed by atoms with Crippen molar-refractivity contribution in [3.05, 3.63) is 78.1 Å². The largest absolute Gasteiger partial charge is 0.493 e. The molecule has 1 atom stereocenters. The molecule has 2 amide bonds. The highest BCUT2D eigenvalue weighted by molar-refractivity contribution is 7.92. The number of amides is 2. The molecule has 35 heavy (non-hydrogen) atoms. The van der Waals surface area contributed by atoms with Gasteiger partial charge in [-0.3, -0.25) is 9.59 Å². The molecule has 4 rings (SSSR count). The van der Waals surface area contributed by atoms with Gasteiger partial charge in [-0.25, -0.2) is 12.8 Å². The number of hydrogen-bond donors (Lipinski definition) is 1.